The summed E-state index contributed by atoms with van der Waals surface area (Å²) in [7, 11) is 1.28. The zero-order valence-electron chi connectivity index (χ0n) is 19.3. The predicted octanol–water partition coefficient (Wildman–Crippen LogP) is 4.12. The lowest BCUT2D eigenvalue weighted by Gasteiger charge is -2.17. The Bertz CT molecular complexity index is 1520. The zero-order chi connectivity index (χ0) is 24.5. The van der Waals surface area contributed by atoms with Crippen molar-refractivity contribution in [3.63, 3.8) is 0 Å². The summed E-state index contributed by atoms with van der Waals surface area (Å²) in [6.45, 7) is 2.25. The number of carbonyl (C=O) groups excluding carboxylic acids is 1. The first-order valence-electron chi connectivity index (χ1n) is 10.5. The minimum atomic E-state index is -3.70. The second-order valence-electron chi connectivity index (χ2n) is 7.89. The lowest BCUT2D eigenvalue weighted by molar-refractivity contribution is 0.0998. The fourth-order valence-electron chi connectivity index (χ4n) is 3.64. The number of aryl methyl sites for hydroxylation is 2. The third kappa shape index (κ3) is 4.54. The van der Waals surface area contributed by atoms with E-state index in [1.165, 1.54) is 47.0 Å². The Hall–Kier alpha value is -3.27. The highest BCUT2D eigenvalue weighted by atomic mass is 32.2. The van der Waals surface area contributed by atoms with E-state index in [-0.39, 0.29) is 11.4 Å². The van der Waals surface area contributed by atoms with Crippen LogP contribution in [0.3, 0.4) is 0 Å². The lowest BCUT2D eigenvalue weighted by atomic mass is 10.2. The average molecular weight is 496 g/mol. The molecule has 0 atom stereocenters. The van der Waals surface area contributed by atoms with Gasteiger partial charge in [0.2, 0.25) is 10.0 Å². The van der Waals surface area contributed by atoms with E-state index < -0.39 is 15.9 Å². The average Bonchev–Trinajstić information content (AvgIpc) is 3.17. The molecule has 0 aliphatic heterocycles. The highest BCUT2D eigenvalue weighted by Gasteiger charge is 2.21. The number of hydrogen-bond donors (Lipinski definition) is 0. The van der Waals surface area contributed by atoms with Crippen LogP contribution in [-0.2, 0) is 23.6 Å². The number of rotatable bonds is 6. The monoisotopic (exact) mass is 495 g/mol. The number of hydrogen-bond acceptors (Lipinski definition) is 5. The van der Waals surface area contributed by atoms with Crippen molar-refractivity contribution in [1.82, 2.24) is 8.87 Å². The van der Waals surface area contributed by atoms with Crippen molar-refractivity contribution in [3.05, 3.63) is 88.2 Å². The molecule has 34 heavy (non-hydrogen) atoms. The van der Waals surface area contributed by atoms with Gasteiger partial charge in [-0.2, -0.15) is 9.30 Å². The van der Waals surface area contributed by atoms with Gasteiger partial charge in [0.15, 0.2) is 4.80 Å². The van der Waals surface area contributed by atoms with Crippen LogP contribution in [0, 0.1) is 6.92 Å². The molecule has 7 nitrogen and oxygen atoms in total. The van der Waals surface area contributed by atoms with Crippen LogP contribution in [0.4, 0.5) is 0 Å². The van der Waals surface area contributed by atoms with Crippen LogP contribution in [0.25, 0.3) is 10.2 Å². The largest absolute Gasteiger partial charge is 0.495 e. The molecule has 3 aromatic carbocycles. The molecule has 0 aliphatic rings. The minimum Gasteiger partial charge on any atom is -0.495 e. The molecular formula is C25H25N3O4S2. The smallest absolute Gasteiger partial charge is 0.279 e. The van der Waals surface area contributed by atoms with Crippen molar-refractivity contribution in [2.24, 2.45) is 12.0 Å². The fraction of sp³-hybridized carbons (Fsp3) is 0.200. The van der Waals surface area contributed by atoms with Crippen LogP contribution >= 0.6 is 11.3 Å². The quantitative estimate of drug-likeness (QED) is 0.403. The van der Waals surface area contributed by atoms with Crippen LogP contribution in [0.5, 0.6) is 5.75 Å². The summed E-state index contributed by atoms with van der Waals surface area (Å²) in [4.78, 5) is 17.8. The maximum Gasteiger partial charge on any atom is 0.279 e. The molecular weight excluding hydrogens is 470 g/mol. The van der Waals surface area contributed by atoms with Gasteiger partial charge in [-0.05, 0) is 48.4 Å². The number of aromatic nitrogens is 1. The molecule has 1 heterocycles. The number of thiazole rings is 1. The molecule has 0 saturated heterocycles. The van der Waals surface area contributed by atoms with E-state index in [1.54, 1.807) is 7.11 Å². The molecule has 0 unspecified atom stereocenters. The van der Waals surface area contributed by atoms with E-state index in [0.29, 0.717) is 16.1 Å². The normalized spacial score (nSPS) is 12.4. The maximum atomic E-state index is 12.9. The van der Waals surface area contributed by atoms with Crippen molar-refractivity contribution in [2.75, 3.05) is 14.2 Å². The first kappa shape index (κ1) is 23.9. The summed E-state index contributed by atoms with van der Waals surface area (Å²) in [6, 6.07) is 19.1. The summed E-state index contributed by atoms with van der Waals surface area (Å²) in [5, 5.41) is 0. The van der Waals surface area contributed by atoms with Crippen LogP contribution < -0.4 is 9.54 Å². The van der Waals surface area contributed by atoms with Crippen LogP contribution in [0.2, 0.25) is 0 Å². The molecule has 0 bridgehead atoms. The predicted molar refractivity (Wildman–Crippen MR) is 134 cm³/mol. The SMILES string of the molecule is COc1ccc(C)c2sc(=NC(=O)c3ccc(S(=O)(=O)N(C)Cc4ccccc4)cc3)n(C)c12. The fourth-order valence-corrected chi connectivity index (χ4v) is 5.91. The van der Waals surface area contributed by atoms with Gasteiger partial charge >= 0.3 is 0 Å². The van der Waals surface area contributed by atoms with Gasteiger partial charge in [-0.25, -0.2) is 8.42 Å². The van der Waals surface area contributed by atoms with E-state index in [0.717, 1.165) is 21.3 Å². The van der Waals surface area contributed by atoms with Crippen molar-refractivity contribution < 1.29 is 17.9 Å². The number of amides is 1. The van der Waals surface area contributed by atoms with Crippen LogP contribution in [-0.4, -0.2) is 37.4 Å². The molecule has 0 N–H and O–H groups in total. The highest BCUT2D eigenvalue weighted by molar-refractivity contribution is 7.89. The number of nitrogens with zero attached hydrogens (tertiary/aromatic N) is 3. The zero-order valence-corrected chi connectivity index (χ0v) is 21.0. The van der Waals surface area contributed by atoms with Crippen molar-refractivity contribution in [3.8, 4) is 5.75 Å². The molecule has 0 saturated carbocycles. The molecule has 1 amide bonds. The second kappa shape index (κ2) is 9.54. The number of carbonyl (C=O) groups is 1. The van der Waals surface area contributed by atoms with Gasteiger partial charge in [0, 0.05) is 26.2 Å². The Morgan fingerprint density at radius 3 is 2.38 bits per heavy atom. The Labute approximate surface area is 202 Å². The van der Waals surface area contributed by atoms with Gasteiger partial charge in [0.25, 0.3) is 5.91 Å². The standard InChI is InChI=1S/C25H25N3O4S2/c1-17-10-15-21(32-4)22-23(17)33-25(28(22)3)26-24(29)19-11-13-20(14-12-19)34(30,31)27(2)16-18-8-6-5-7-9-18/h5-15H,16H2,1-4H3. The molecule has 1 aromatic heterocycles. The topological polar surface area (TPSA) is 81.0 Å². The summed E-state index contributed by atoms with van der Waals surface area (Å²) in [5.74, 6) is 0.266. The molecule has 0 radical (unpaired) electrons. The maximum absolute atomic E-state index is 12.9. The van der Waals surface area contributed by atoms with Gasteiger partial charge in [0.05, 0.1) is 16.7 Å². The van der Waals surface area contributed by atoms with Gasteiger partial charge in [0.1, 0.15) is 11.3 Å². The third-order valence-electron chi connectivity index (χ3n) is 5.58. The molecule has 0 aliphatic carbocycles. The van der Waals surface area contributed by atoms with Crippen LogP contribution in [0.15, 0.2) is 76.6 Å². The van der Waals surface area contributed by atoms with E-state index in [4.69, 9.17) is 4.74 Å². The summed E-state index contributed by atoms with van der Waals surface area (Å²) < 4.78 is 35.5. The number of methoxy groups -OCH3 is 1. The molecule has 4 rings (SSSR count). The number of benzene rings is 3. The minimum absolute atomic E-state index is 0.121. The molecule has 9 heteroatoms. The molecule has 4 aromatic rings. The number of fused-ring (bicyclic) bond motifs is 1. The van der Waals surface area contributed by atoms with Gasteiger partial charge in [-0.1, -0.05) is 47.7 Å². The Kier molecular flexibility index (Phi) is 6.70. The first-order valence-corrected chi connectivity index (χ1v) is 12.8. The van der Waals surface area contributed by atoms with Crippen molar-refractivity contribution >= 4 is 37.5 Å². The summed E-state index contributed by atoms with van der Waals surface area (Å²) in [5.41, 5.74) is 3.15. The van der Waals surface area contributed by atoms with Crippen LogP contribution in [0.1, 0.15) is 21.5 Å². The lowest BCUT2D eigenvalue weighted by Crippen LogP contribution is -2.26. The second-order valence-corrected chi connectivity index (χ2v) is 10.9. The number of ether oxygens (including phenoxy) is 1. The van der Waals surface area contributed by atoms with E-state index in [2.05, 4.69) is 4.99 Å². The van der Waals surface area contributed by atoms with Gasteiger partial charge < -0.3 is 9.30 Å². The summed E-state index contributed by atoms with van der Waals surface area (Å²) in [6.07, 6.45) is 0. The Balaban J connectivity index is 1.61. The molecule has 0 spiro atoms. The Morgan fingerprint density at radius 2 is 1.74 bits per heavy atom. The first-order chi connectivity index (χ1) is 16.2. The number of sulfonamides is 1. The highest BCUT2D eigenvalue weighted by Crippen LogP contribution is 2.29. The van der Waals surface area contributed by atoms with E-state index in [1.807, 2.05) is 61.0 Å². The van der Waals surface area contributed by atoms with Gasteiger partial charge in [-0.3, -0.25) is 4.79 Å². The van der Waals surface area contributed by atoms with Gasteiger partial charge in [-0.15, -0.1) is 0 Å². The van der Waals surface area contributed by atoms with E-state index in [9.17, 15) is 13.2 Å². The van der Waals surface area contributed by atoms with Crippen molar-refractivity contribution in [1.29, 1.82) is 0 Å². The third-order valence-corrected chi connectivity index (χ3v) is 8.67. The van der Waals surface area contributed by atoms with E-state index >= 15 is 0 Å². The van der Waals surface area contributed by atoms with Crippen molar-refractivity contribution in [2.45, 2.75) is 18.4 Å². The summed E-state index contributed by atoms with van der Waals surface area (Å²) >= 11 is 1.41. The molecule has 0 fully saturated rings. The molecule has 176 valence electrons. The Morgan fingerprint density at radius 1 is 1.06 bits per heavy atom.